The third-order valence-corrected chi connectivity index (χ3v) is 6.19. The molecule has 0 radical (unpaired) electrons. The molecule has 1 amide bonds. The topological polar surface area (TPSA) is 66.8 Å². The van der Waals surface area contributed by atoms with E-state index in [1.807, 2.05) is 25.3 Å². The number of nitrogens with zero attached hydrogens (tertiary/aromatic N) is 1. The van der Waals surface area contributed by atoms with Crippen molar-refractivity contribution in [3.8, 4) is 5.75 Å². The van der Waals surface area contributed by atoms with Gasteiger partial charge in [0.15, 0.2) is 0 Å². The van der Waals surface area contributed by atoms with E-state index in [4.69, 9.17) is 4.74 Å². The average Bonchev–Trinajstić information content (AvgIpc) is 3.29. The summed E-state index contributed by atoms with van der Waals surface area (Å²) in [7, 11) is 0. The SMILES string of the molecule is CCOc1cccc(/C(O)=C2/C(=O)C(=O)N(c3ccc(F)cc3)C2c2sccc2C)c1. The summed E-state index contributed by atoms with van der Waals surface area (Å²) < 4.78 is 19.0. The van der Waals surface area contributed by atoms with Gasteiger partial charge in [-0.25, -0.2) is 4.39 Å². The largest absolute Gasteiger partial charge is 0.507 e. The Balaban J connectivity index is 1.91. The summed E-state index contributed by atoms with van der Waals surface area (Å²) in [5.41, 5.74) is 1.64. The number of rotatable bonds is 5. The Morgan fingerprint density at radius 3 is 2.55 bits per heavy atom. The van der Waals surface area contributed by atoms with Crippen molar-refractivity contribution in [2.45, 2.75) is 19.9 Å². The van der Waals surface area contributed by atoms with Crippen molar-refractivity contribution in [1.82, 2.24) is 0 Å². The molecule has 31 heavy (non-hydrogen) atoms. The zero-order valence-electron chi connectivity index (χ0n) is 17.0. The number of carbonyl (C=O) groups excluding carboxylic acids is 2. The zero-order chi connectivity index (χ0) is 22.1. The fourth-order valence-corrected chi connectivity index (χ4v) is 4.69. The van der Waals surface area contributed by atoms with Crippen LogP contribution < -0.4 is 9.64 Å². The second-order valence-electron chi connectivity index (χ2n) is 7.07. The molecular weight excluding hydrogens is 417 g/mol. The number of hydrogen-bond donors (Lipinski definition) is 1. The lowest BCUT2D eigenvalue weighted by Gasteiger charge is -2.25. The minimum absolute atomic E-state index is 0.00600. The number of halogens is 1. The highest BCUT2D eigenvalue weighted by molar-refractivity contribution is 7.10. The number of carbonyl (C=O) groups is 2. The number of aliphatic hydroxyl groups excluding tert-OH is 1. The number of benzene rings is 2. The van der Waals surface area contributed by atoms with Gasteiger partial charge in [-0.15, -0.1) is 11.3 Å². The van der Waals surface area contributed by atoms with Crippen LogP contribution in [-0.2, 0) is 9.59 Å². The molecule has 2 heterocycles. The van der Waals surface area contributed by atoms with E-state index < -0.39 is 23.5 Å². The number of ether oxygens (including phenoxy) is 1. The number of aryl methyl sites for hydroxylation is 1. The summed E-state index contributed by atoms with van der Waals surface area (Å²) in [6.45, 7) is 4.18. The van der Waals surface area contributed by atoms with Crippen LogP contribution in [0.25, 0.3) is 5.76 Å². The first-order valence-corrected chi connectivity index (χ1v) is 10.6. The van der Waals surface area contributed by atoms with Crippen LogP contribution in [0.3, 0.4) is 0 Å². The van der Waals surface area contributed by atoms with Gasteiger partial charge in [-0.3, -0.25) is 14.5 Å². The van der Waals surface area contributed by atoms with Crippen LogP contribution in [0.1, 0.15) is 29.0 Å². The van der Waals surface area contributed by atoms with E-state index in [1.165, 1.54) is 40.5 Å². The molecule has 158 valence electrons. The first-order valence-electron chi connectivity index (χ1n) is 9.76. The molecule has 0 bridgehead atoms. The van der Waals surface area contributed by atoms with Crippen LogP contribution in [0, 0.1) is 12.7 Å². The van der Waals surface area contributed by atoms with Crippen LogP contribution in [0.15, 0.2) is 65.6 Å². The maximum Gasteiger partial charge on any atom is 0.300 e. The molecule has 7 heteroatoms. The standard InChI is InChI=1S/C24H20FNO4S/c1-3-30-18-6-4-5-15(13-18)21(27)19-20(23-14(2)11-12-31-23)26(24(29)22(19)28)17-9-7-16(25)8-10-17/h4-13,20,27H,3H2,1-2H3/b21-19-. The molecule has 1 fully saturated rings. The first kappa shape index (κ1) is 20.8. The number of ketones is 1. The number of aliphatic hydroxyl groups is 1. The minimum Gasteiger partial charge on any atom is -0.507 e. The Kier molecular flexibility index (Phi) is 5.61. The molecule has 0 aliphatic carbocycles. The van der Waals surface area contributed by atoms with Gasteiger partial charge in [-0.05, 0) is 67.3 Å². The smallest absolute Gasteiger partial charge is 0.300 e. The molecular formula is C24H20FNO4S. The maximum absolute atomic E-state index is 13.5. The number of amides is 1. The molecule has 1 aliphatic heterocycles. The number of anilines is 1. The Morgan fingerprint density at radius 2 is 1.90 bits per heavy atom. The van der Waals surface area contributed by atoms with Gasteiger partial charge in [0.2, 0.25) is 0 Å². The van der Waals surface area contributed by atoms with E-state index >= 15 is 0 Å². The minimum atomic E-state index is -0.818. The van der Waals surface area contributed by atoms with Gasteiger partial charge in [-0.2, -0.15) is 0 Å². The summed E-state index contributed by atoms with van der Waals surface area (Å²) in [6.07, 6.45) is 0. The predicted octanol–water partition coefficient (Wildman–Crippen LogP) is 5.22. The highest BCUT2D eigenvalue weighted by Gasteiger charge is 2.47. The molecule has 0 saturated carbocycles. The van der Waals surface area contributed by atoms with E-state index in [0.29, 0.717) is 23.6 Å². The fraction of sp³-hybridized carbons (Fsp3) is 0.167. The lowest BCUT2D eigenvalue weighted by Crippen LogP contribution is -2.29. The zero-order valence-corrected chi connectivity index (χ0v) is 17.8. The highest BCUT2D eigenvalue weighted by Crippen LogP contribution is 2.44. The van der Waals surface area contributed by atoms with E-state index in [0.717, 1.165) is 10.4 Å². The van der Waals surface area contributed by atoms with Crippen molar-refractivity contribution >= 4 is 34.5 Å². The van der Waals surface area contributed by atoms with E-state index in [-0.39, 0.29) is 11.3 Å². The molecule has 1 saturated heterocycles. The summed E-state index contributed by atoms with van der Waals surface area (Å²) in [6, 6.07) is 13.2. The van der Waals surface area contributed by atoms with Crippen molar-refractivity contribution < 1.29 is 23.8 Å². The van der Waals surface area contributed by atoms with Crippen LogP contribution in [0.2, 0.25) is 0 Å². The highest BCUT2D eigenvalue weighted by atomic mass is 32.1. The Labute approximate surface area is 183 Å². The molecule has 5 nitrogen and oxygen atoms in total. The molecule has 1 atom stereocenters. The van der Waals surface area contributed by atoms with Crippen molar-refractivity contribution in [2.75, 3.05) is 11.5 Å². The molecule has 1 unspecified atom stereocenters. The van der Waals surface area contributed by atoms with E-state index in [1.54, 1.807) is 24.3 Å². The van der Waals surface area contributed by atoms with Gasteiger partial charge in [-0.1, -0.05) is 12.1 Å². The fourth-order valence-electron chi connectivity index (χ4n) is 3.67. The Bertz CT molecular complexity index is 1180. The Hall–Kier alpha value is -3.45. The van der Waals surface area contributed by atoms with E-state index in [9.17, 15) is 19.1 Å². The van der Waals surface area contributed by atoms with Crippen LogP contribution in [-0.4, -0.2) is 23.4 Å². The van der Waals surface area contributed by atoms with Gasteiger partial charge in [0, 0.05) is 16.1 Å². The molecule has 1 aromatic heterocycles. The summed E-state index contributed by atoms with van der Waals surface area (Å²) in [5.74, 6) is -1.74. The van der Waals surface area contributed by atoms with Crippen LogP contribution in [0.5, 0.6) is 5.75 Å². The third kappa shape index (κ3) is 3.72. The number of hydrogen-bond acceptors (Lipinski definition) is 5. The normalized spacial score (nSPS) is 17.9. The first-order chi connectivity index (χ1) is 14.9. The predicted molar refractivity (Wildman–Crippen MR) is 118 cm³/mol. The molecule has 2 aromatic carbocycles. The second-order valence-corrected chi connectivity index (χ2v) is 8.02. The van der Waals surface area contributed by atoms with Gasteiger partial charge >= 0.3 is 0 Å². The number of thiophene rings is 1. The van der Waals surface area contributed by atoms with Crippen LogP contribution >= 0.6 is 11.3 Å². The van der Waals surface area contributed by atoms with Crippen molar-refractivity contribution in [2.24, 2.45) is 0 Å². The summed E-state index contributed by atoms with van der Waals surface area (Å²) in [4.78, 5) is 28.2. The summed E-state index contributed by atoms with van der Waals surface area (Å²) >= 11 is 1.39. The Morgan fingerprint density at radius 1 is 1.16 bits per heavy atom. The van der Waals surface area contributed by atoms with Gasteiger partial charge in [0.25, 0.3) is 11.7 Å². The van der Waals surface area contributed by atoms with Gasteiger partial charge in [0.05, 0.1) is 12.2 Å². The van der Waals surface area contributed by atoms with Gasteiger partial charge < -0.3 is 9.84 Å². The molecule has 0 spiro atoms. The van der Waals surface area contributed by atoms with Crippen molar-refractivity contribution in [3.63, 3.8) is 0 Å². The average molecular weight is 437 g/mol. The monoisotopic (exact) mass is 437 g/mol. The van der Waals surface area contributed by atoms with Gasteiger partial charge in [0.1, 0.15) is 23.4 Å². The lowest BCUT2D eigenvalue weighted by molar-refractivity contribution is -0.132. The molecule has 4 rings (SSSR count). The number of Topliss-reactive ketones (excluding diaryl/α,β-unsaturated/α-hetero) is 1. The van der Waals surface area contributed by atoms with Crippen molar-refractivity contribution in [1.29, 1.82) is 0 Å². The van der Waals surface area contributed by atoms with E-state index in [2.05, 4.69) is 0 Å². The third-order valence-electron chi connectivity index (χ3n) is 5.12. The quantitative estimate of drug-likeness (QED) is 0.338. The molecule has 1 N–H and O–H groups in total. The molecule has 3 aromatic rings. The molecule has 1 aliphatic rings. The summed E-state index contributed by atoms with van der Waals surface area (Å²) in [5, 5.41) is 13.0. The maximum atomic E-state index is 13.5. The lowest BCUT2D eigenvalue weighted by atomic mass is 9.98. The van der Waals surface area contributed by atoms with Crippen molar-refractivity contribution in [3.05, 3.63) is 87.4 Å². The van der Waals surface area contributed by atoms with Crippen LogP contribution in [0.4, 0.5) is 10.1 Å². The second kappa shape index (κ2) is 8.35.